The maximum Gasteiger partial charge on any atom is 0.122 e. The zero-order valence-corrected chi connectivity index (χ0v) is 12.5. The highest BCUT2D eigenvalue weighted by atomic mass is 79.9. The molecule has 1 heterocycles. The zero-order chi connectivity index (χ0) is 13.9. The van der Waals surface area contributed by atoms with E-state index >= 15 is 0 Å². The van der Waals surface area contributed by atoms with E-state index in [0.29, 0.717) is 6.42 Å². The van der Waals surface area contributed by atoms with Crippen LogP contribution < -0.4 is 4.74 Å². The van der Waals surface area contributed by atoms with Crippen LogP contribution in [0.5, 0.6) is 5.75 Å². The van der Waals surface area contributed by atoms with Crippen LogP contribution in [-0.4, -0.2) is 17.2 Å². The molecule has 0 amide bonds. The number of nitrogens with zero attached hydrogens (tertiary/aromatic N) is 1. The fraction of sp³-hybridized carbons (Fsp3) is 0.267. The minimum atomic E-state index is -0.984. The van der Waals surface area contributed by atoms with Gasteiger partial charge in [-0.05, 0) is 36.8 Å². The molecule has 0 aliphatic rings. The van der Waals surface area contributed by atoms with Gasteiger partial charge < -0.3 is 9.84 Å². The average Bonchev–Trinajstić information content (AvgIpc) is 2.39. The standard InChI is InChI=1S/C15H16BrNO2/c1-15(18,12-4-3-7-17-10-12)9-11-8-13(16)5-6-14(11)19-2/h3-8,10,18H,9H2,1-2H3. The maximum absolute atomic E-state index is 10.6. The van der Waals surface area contributed by atoms with Gasteiger partial charge >= 0.3 is 0 Å². The van der Waals surface area contributed by atoms with Crippen LogP contribution in [0.15, 0.2) is 47.2 Å². The quantitative estimate of drug-likeness (QED) is 0.939. The van der Waals surface area contributed by atoms with E-state index in [4.69, 9.17) is 4.74 Å². The summed E-state index contributed by atoms with van der Waals surface area (Å²) in [5.41, 5.74) is 0.755. The number of aromatic nitrogens is 1. The minimum Gasteiger partial charge on any atom is -0.496 e. The first-order chi connectivity index (χ1) is 9.03. The first-order valence-electron chi connectivity index (χ1n) is 5.98. The fourth-order valence-corrected chi connectivity index (χ4v) is 2.45. The number of rotatable bonds is 4. The largest absolute Gasteiger partial charge is 0.496 e. The number of hydrogen-bond donors (Lipinski definition) is 1. The smallest absolute Gasteiger partial charge is 0.122 e. The summed E-state index contributed by atoms with van der Waals surface area (Å²) in [6.45, 7) is 1.78. The molecule has 3 nitrogen and oxygen atoms in total. The number of benzene rings is 1. The normalized spacial score (nSPS) is 13.9. The summed E-state index contributed by atoms with van der Waals surface area (Å²) >= 11 is 3.44. The van der Waals surface area contributed by atoms with Crippen molar-refractivity contribution in [2.24, 2.45) is 0 Å². The highest BCUT2D eigenvalue weighted by molar-refractivity contribution is 9.10. The Bertz CT molecular complexity index is 555. The van der Waals surface area contributed by atoms with Gasteiger partial charge in [-0.3, -0.25) is 4.98 Å². The summed E-state index contributed by atoms with van der Waals surface area (Å²) in [5, 5.41) is 10.6. The topological polar surface area (TPSA) is 42.4 Å². The minimum absolute atomic E-state index is 0.460. The lowest BCUT2D eigenvalue weighted by Crippen LogP contribution is -2.24. The van der Waals surface area contributed by atoms with Gasteiger partial charge in [-0.25, -0.2) is 0 Å². The lowest BCUT2D eigenvalue weighted by molar-refractivity contribution is 0.0566. The van der Waals surface area contributed by atoms with Crippen molar-refractivity contribution in [1.82, 2.24) is 4.98 Å². The van der Waals surface area contributed by atoms with Crippen LogP contribution in [0.25, 0.3) is 0 Å². The van der Waals surface area contributed by atoms with E-state index in [1.807, 2.05) is 30.3 Å². The van der Waals surface area contributed by atoms with E-state index in [1.165, 1.54) is 0 Å². The molecule has 2 rings (SSSR count). The molecular formula is C15H16BrNO2. The molecule has 19 heavy (non-hydrogen) atoms. The van der Waals surface area contributed by atoms with Gasteiger partial charge in [0, 0.05) is 28.9 Å². The molecule has 0 fully saturated rings. The van der Waals surface area contributed by atoms with E-state index in [-0.39, 0.29) is 0 Å². The molecule has 1 unspecified atom stereocenters. The molecule has 100 valence electrons. The summed E-state index contributed by atoms with van der Waals surface area (Å²) < 4.78 is 6.30. The third-order valence-corrected chi connectivity index (χ3v) is 3.55. The molecule has 0 spiro atoms. The molecule has 0 radical (unpaired) electrons. The molecule has 1 aromatic carbocycles. The lowest BCUT2D eigenvalue weighted by Gasteiger charge is -2.24. The van der Waals surface area contributed by atoms with E-state index < -0.39 is 5.60 Å². The SMILES string of the molecule is COc1ccc(Br)cc1CC(C)(O)c1cccnc1. The number of halogens is 1. The molecule has 0 aliphatic heterocycles. The molecule has 1 aromatic heterocycles. The summed E-state index contributed by atoms with van der Waals surface area (Å²) in [6.07, 6.45) is 3.84. The molecular weight excluding hydrogens is 306 g/mol. The van der Waals surface area contributed by atoms with Gasteiger partial charge in [-0.2, -0.15) is 0 Å². The zero-order valence-electron chi connectivity index (χ0n) is 10.9. The van der Waals surface area contributed by atoms with Gasteiger partial charge in [0.15, 0.2) is 0 Å². The highest BCUT2D eigenvalue weighted by Gasteiger charge is 2.25. The third kappa shape index (κ3) is 3.33. The Labute approximate surface area is 121 Å². The monoisotopic (exact) mass is 321 g/mol. The van der Waals surface area contributed by atoms with E-state index in [0.717, 1.165) is 21.3 Å². The summed E-state index contributed by atoms with van der Waals surface area (Å²) in [4.78, 5) is 4.05. The van der Waals surface area contributed by atoms with Crippen molar-refractivity contribution < 1.29 is 9.84 Å². The van der Waals surface area contributed by atoms with Crippen molar-refractivity contribution in [1.29, 1.82) is 0 Å². The maximum atomic E-state index is 10.6. The number of hydrogen-bond acceptors (Lipinski definition) is 3. The van der Waals surface area contributed by atoms with Crippen molar-refractivity contribution in [3.8, 4) is 5.75 Å². The van der Waals surface area contributed by atoms with Crippen LogP contribution in [0.1, 0.15) is 18.1 Å². The van der Waals surface area contributed by atoms with Crippen LogP contribution in [-0.2, 0) is 12.0 Å². The summed E-state index contributed by atoms with van der Waals surface area (Å²) in [6, 6.07) is 9.46. The van der Waals surface area contributed by atoms with Crippen LogP contribution in [0.2, 0.25) is 0 Å². The van der Waals surface area contributed by atoms with Crippen LogP contribution >= 0.6 is 15.9 Å². The Morgan fingerprint density at radius 3 is 2.79 bits per heavy atom. The highest BCUT2D eigenvalue weighted by Crippen LogP contribution is 2.31. The Balaban J connectivity index is 2.32. The van der Waals surface area contributed by atoms with Gasteiger partial charge in [0.1, 0.15) is 5.75 Å². The number of aliphatic hydroxyl groups is 1. The predicted octanol–water partition coefficient (Wildman–Crippen LogP) is 3.30. The molecule has 2 aromatic rings. The van der Waals surface area contributed by atoms with Crippen LogP contribution in [0.4, 0.5) is 0 Å². The van der Waals surface area contributed by atoms with Crippen LogP contribution in [0.3, 0.4) is 0 Å². The molecule has 1 N–H and O–H groups in total. The second kappa shape index (κ2) is 5.72. The van der Waals surface area contributed by atoms with Gasteiger partial charge in [0.2, 0.25) is 0 Å². The molecule has 0 bridgehead atoms. The van der Waals surface area contributed by atoms with Crippen molar-refractivity contribution in [2.45, 2.75) is 18.9 Å². The Hall–Kier alpha value is -1.39. The third-order valence-electron chi connectivity index (χ3n) is 3.06. The predicted molar refractivity (Wildman–Crippen MR) is 78.2 cm³/mol. The van der Waals surface area contributed by atoms with Crippen molar-refractivity contribution in [2.75, 3.05) is 7.11 Å². The Morgan fingerprint density at radius 1 is 1.37 bits per heavy atom. The van der Waals surface area contributed by atoms with Crippen molar-refractivity contribution >= 4 is 15.9 Å². The lowest BCUT2D eigenvalue weighted by atomic mass is 9.90. The number of methoxy groups -OCH3 is 1. The van der Waals surface area contributed by atoms with Crippen molar-refractivity contribution in [3.05, 3.63) is 58.3 Å². The van der Waals surface area contributed by atoms with Crippen molar-refractivity contribution in [3.63, 3.8) is 0 Å². The Morgan fingerprint density at radius 2 is 2.16 bits per heavy atom. The van der Waals surface area contributed by atoms with Gasteiger partial charge in [0.25, 0.3) is 0 Å². The van der Waals surface area contributed by atoms with E-state index in [1.54, 1.807) is 26.4 Å². The molecule has 0 saturated carbocycles. The second-order valence-electron chi connectivity index (χ2n) is 4.65. The molecule has 1 atom stereocenters. The number of ether oxygens (including phenoxy) is 1. The molecule has 0 saturated heterocycles. The summed E-state index contributed by atoms with van der Waals surface area (Å²) in [5.74, 6) is 0.771. The average molecular weight is 322 g/mol. The van der Waals surface area contributed by atoms with Crippen LogP contribution in [0, 0.1) is 0 Å². The second-order valence-corrected chi connectivity index (χ2v) is 5.56. The number of pyridine rings is 1. The summed E-state index contributed by atoms with van der Waals surface area (Å²) in [7, 11) is 1.63. The van der Waals surface area contributed by atoms with E-state index in [2.05, 4.69) is 20.9 Å². The Kier molecular flexibility index (Phi) is 4.22. The first-order valence-corrected chi connectivity index (χ1v) is 6.77. The first kappa shape index (κ1) is 14.0. The van der Waals surface area contributed by atoms with Gasteiger partial charge in [-0.15, -0.1) is 0 Å². The molecule has 0 aliphatic carbocycles. The van der Waals surface area contributed by atoms with E-state index in [9.17, 15) is 5.11 Å². The molecule has 4 heteroatoms. The fourth-order valence-electron chi connectivity index (χ4n) is 2.04. The van der Waals surface area contributed by atoms with Gasteiger partial charge in [-0.1, -0.05) is 22.0 Å². The van der Waals surface area contributed by atoms with Gasteiger partial charge in [0.05, 0.1) is 12.7 Å².